The topological polar surface area (TPSA) is 143 Å². The number of ether oxygens (including phenoxy) is 1. The third-order valence-electron chi connectivity index (χ3n) is 5.15. The van der Waals surface area contributed by atoms with E-state index in [2.05, 4.69) is 5.32 Å². The molecule has 0 aliphatic heterocycles. The van der Waals surface area contributed by atoms with Crippen molar-refractivity contribution >= 4 is 45.7 Å². The molecule has 1 aliphatic rings. The highest BCUT2D eigenvalue weighted by Crippen LogP contribution is 2.38. The largest absolute Gasteiger partial charge is 0.456 e. The maximum atomic E-state index is 12.5. The first kappa shape index (κ1) is 23.9. The molecule has 1 heterocycles. The zero-order valence-electron chi connectivity index (χ0n) is 18.0. The van der Waals surface area contributed by atoms with Gasteiger partial charge in [0, 0.05) is 23.5 Å². The zero-order chi connectivity index (χ0) is 23.8. The van der Waals surface area contributed by atoms with Crippen LogP contribution < -0.4 is 16.0 Å². The smallest absolute Gasteiger partial charge is 0.306 e. The number of hydrogen-bond donors (Lipinski definition) is 2. The molecule has 172 valence electrons. The van der Waals surface area contributed by atoms with Gasteiger partial charge in [0.25, 0.3) is 11.8 Å². The van der Waals surface area contributed by atoms with E-state index in [1.54, 1.807) is 30.3 Å². The van der Waals surface area contributed by atoms with Gasteiger partial charge >= 0.3 is 5.97 Å². The van der Waals surface area contributed by atoms with Crippen LogP contribution >= 0.6 is 11.3 Å². The lowest BCUT2D eigenvalue weighted by molar-refractivity contribution is -0.148. The molecule has 0 radical (unpaired) electrons. The number of hydrogen-bond acceptors (Lipinski definition) is 7. The Morgan fingerprint density at radius 1 is 1.15 bits per heavy atom. The standard InChI is InChI=1S/C23H24N4O5S/c24-12-5-13-27(15-6-2-1-3-7-15)19(29)14-32-20(30)11-10-18(28)26-23-21(22(25)31)16-8-4-9-17(16)33-23/h1-3,6-7H,4-5,8-11,13-14H2,(H2,25,31)(H,26,28). The van der Waals surface area contributed by atoms with E-state index in [0.717, 1.165) is 29.7 Å². The van der Waals surface area contributed by atoms with Crippen LogP contribution in [0.4, 0.5) is 10.7 Å². The van der Waals surface area contributed by atoms with Crippen LogP contribution in [0, 0.1) is 11.3 Å². The summed E-state index contributed by atoms with van der Waals surface area (Å²) >= 11 is 1.34. The molecule has 33 heavy (non-hydrogen) atoms. The number of nitriles is 1. The number of aryl methyl sites for hydroxylation is 1. The number of para-hydroxylation sites is 1. The van der Waals surface area contributed by atoms with E-state index in [1.165, 1.54) is 16.2 Å². The summed E-state index contributed by atoms with van der Waals surface area (Å²) in [5, 5.41) is 11.9. The second kappa shape index (κ2) is 11.2. The van der Waals surface area contributed by atoms with E-state index in [4.69, 9.17) is 15.7 Å². The van der Waals surface area contributed by atoms with Crippen molar-refractivity contribution in [3.8, 4) is 6.07 Å². The van der Waals surface area contributed by atoms with E-state index in [9.17, 15) is 19.2 Å². The van der Waals surface area contributed by atoms with Crippen molar-refractivity contribution in [1.82, 2.24) is 0 Å². The molecule has 0 bridgehead atoms. The minimum absolute atomic E-state index is 0.133. The summed E-state index contributed by atoms with van der Waals surface area (Å²) in [6.45, 7) is -0.323. The number of anilines is 2. The first-order valence-electron chi connectivity index (χ1n) is 10.5. The molecule has 0 saturated heterocycles. The molecule has 1 aromatic carbocycles. The maximum Gasteiger partial charge on any atom is 0.306 e. The molecule has 2 aromatic rings. The molecule has 0 spiro atoms. The van der Waals surface area contributed by atoms with E-state index in [0.29, 0.717) is 16.3 Å². The summed E-state index contributed by atoms with van der Waals surface area (Å²) in [4.78, 5) is 51.1. The number of fused-ring (bicyclic) bond motifs is 1. The molecule has 0 fully saturated rings. The minimum atomic E-state index is -0.699. The fraction of sp³-hybridized carbons (Fsp3) is 0.348. The molecule has 0 unspecified atom stereocenters. The lowest BCUT2D eigenvalue weighted by atomic mass is 10.1. The summed E-state index contributed by atoms with van der Waals surface area (Å²) in [7, 11) is 0. The summed E-state index contributed by atoms with van der Waals surface area (Å²) in [6, 6.07) is 10.8. The first-order chi connectivity index (χ1) is 15.9. The number of primary amides is 1. The quantitative estimate of drug-likeness (QED) is 0.513. The summed E-state index contributed by atoms with van der Waals surface area (Å²) in [5.41, 5.74) is 7.34. The van der Waals surface area contributed by atoms with Crippen LogP contribution in [-0.2, 0) is 32.0 Å². The van der Waals surface area contributed by atoms with Gasteiger partial charge in [-0.25, -0.2) is 0 Å². The van der Waals surface area contributed by atoms with E-state index < -0.39 is 30.3 Å². The predicted molar refractivity (Wildman–Crippen MR) is 123 cm³/mol. The average molecular weight is 469 g/mol. The molecule has 0 atom stereocenters. The van der Waals surface area contributed by atoms with E-state index in [-0.39, 0.29) is 25.8 Å². The fourth-order valence-corrected chi connectivity index (χ4v) is 4.93. The van der Waals surface area contributed by atoms with Gasteiger partial charge in [-0.1, -0.05) is 18.2 Å². The van der Waals surface area contributed by atoms with Crippen molar-refractivity contribution in [2.45, 2.75) is 38.5 Å². The highest BCUT2D eigenvalue weighted by atomic mass is 32.1. The van der Waals surface area contributed by atoms with Gasteiger partial charge in [-0.15, -0.1) is 11.3 Å². The Balaban J connectivity index is 1.49. The molecule has 1 aliphatic carbocycles. The molecule has 3 N–H and O–H groups in total. The minimum Gasteiger partial charge on any atom is -0.456 e. The lowest BCUT2D eigenvalue weighted by Gasteiger charge is -2.21. The molecule has 0 saturated carbocycles. The maximum absolute atomic E-state index is 12.5. The number of thiophene rings is 1. The van der Waals surface area contributed by atoms with Crippen LogP contribution in [0.25, 0.3) is 0 Å². The van der Waals surface area contributed by atoms with Gasteiger partial charge in [0.05, 0.1) is 24.5 Å². The molecule has 1 aromatic heterocycles. The molecule has 3 amide bonds. The third-order valence-corrected chi connectivity index (χ3v) is 6.36. The number of carbonyl (C=O) groups excluding carboxylic acids is 4. The second-order valence-electron chi connectivity index (χ2n) is 7.42. The Labute approximate surface area is 195 Å². The Bertz CT molecular complexity index is 1090. The molecular weight excluding hydrogens is 444 g/mol. The summed E-state index contributed by atoms with van der Waals surface area (Å²) < 4.78 is 5.03. The number of benzene rings is 1. The van der Waals surface area contributed by atoms with Gasteiger partial charge < -0.3 is 20.7 Å². The highest BCUT2D eigenvalue weighted by Gasteiger charge is 2.26. The van der Waals surface area contributed by atoms with Crippen molar-refractivity contribution < 1.29 is 23.9 Å². The predicted octanol–water partition coefficient (Wildman–Crippen LogP) is 2.54. The van der Waals surface area contributed by atoms with Crippen molar-refractivity contribution in [1.29, 1.82) is 5.26 Å². The number of nitrogens with zero attached hydrogens (tertiary/aromatic N) is 2. The average Bonchev–Trinajstić information content (AvgIpc) is 3.37. The summed E-state index contributed by atoms with van der Waals surface area (Å²) in [5.74, 6) is -2.19. The van der Waals surface area contributed by atoms with Crippen LogP contribution in [0.1, 0.15) is 46.5 Å². The third kappa shape index (κ3) is 6.17. The molecule has 10 heteroatoms. The zero-order valence-corrected chi connectivity index (χ0v) is 18.8. The van der Waals surface area contributed by atoms with Gasteiger partial charge in [-0.2, -0.15) is 5.26 Å². The monoisotopic (exact) mass is 468 g/mol. The van der Waals surface area contributed by atoms with Gasteiger partial charge in [0.15, 0.2) is 6.61 Å². The van der Waals surface area contributed by atoms with Gasteiger partial charge in [0.2, 0.25) is 5.91 Å². The second-order valence-corrected chi connectivity index (χ2v) is 8.53. The molecule has 9 nitrogen and oxygen atoms in total. The number of rotatable bonds is 10. The number of esters is 1. The van der Waals surface area contributed by atoms with Crippen molar-refractivity contribution in [2.75, 3.05) is 23.4 Å². The van der Waals surface area contributed by atoms with Gasteiger partial charge in [-0.05, 0) is 37.0 Å². The van der Waals surface area contributed by atoms with E-state index >= 15 is 0 Å². The Hall–Kier alpha value is -3.71. The SMILES string of the molecule is N#CCCN(C(=O)COC(=O)CCC(=O)Nc1sc2c(c1C(N)=O)CCC2)c1ccccc1. The van der Waals surface area contributed by atoms with Crippen molar-refractivity contribution in [3.63, 3.8) is 0 Å². The Morgan fingerprint density at radius 3 is 2.61 bits per heavy atom. The van der Waals surface area contributed by atoms with Crippen LogP contribution in [0.2, 0.25) is 0 Å². The summed E-state index contributed by atoms with van der Waals surface area (Å²) in [6.07, 6.45) is 2.32. The van der Waals surface area contributed by atoms with Crippen molar-refractivity contribution in [3.05, 3.63) is 46.3 Å². The van der Waals surface area contributed by atoms with Crippen LogP contribution in [0.15, 0.2) is 30.3 Å². The first-order valence-corrected chi connectivity index (χ1v) is 11.3. The lowest BCUT2D eigenvalue weighted by Crippen LogP contribution is -2.35. The highest BCUT2D eigenvalue weighted by molar-refractivity contribution is 7.17. The molecular formula is C23H24N4O5S. The molecule has 3 rings (SSSR count). The Kier molecular flexibility index (Phi) is 8.16. The number of carbonyl (C=O) groups is 4. The van der Waals surface area contributed by atoms with Crippen LogP contribution in [-0.4, -0.2) is 36.8 Å². The van der Waals surface area contributed by atoms with Crippen molar-refractivity contribution in [2.24, 2.45) is 5.73 Å². The van der Waals surface area contributed by atoms with Crippen LogP contribution in [0.3, 0.4) is 0 Å². The van der Waals surface area contributed by atoms with Gasteiger partial charge in [-0.3, -0.25) is 19.2 Å². The van der Waals surface area contributed by atoms with E-state index in [1.807, 2.05) is 6.07 Å². The van der Waals surface area contributed by atoms with Gasteiger partial charge in [0.1, 0.15) is 5.00 Å². The number of nitrogens with two attached hydrogens (primary N) is 1. The number of amides is 3. The normalized spacial score (nSPS) is 11.8. The number of nitrogens with one attached hydrogen (secondary N) is 1. The van der Waals surface area contributed by atoms with Crippen LogP contribution in [0.5, 0.6) is 0 Å². The fourth-order valence-electron chi connectivity index (χ4n) is 3.62. The Morgan fingerprint density at radius 2 is 1.91 bits per heavy atom.